The summed E-state index contributed by atoms with van der Waals surface area (Å²) in [5, 5.41) is 10.6. The van der Waals surface area contributed by atoms with Gasteiger partial charge in [-0.15, -0.1) is 0 Å². The van der Waals surface area contributed by atoms with Crippen LogP contribution in [0.25, 0.3) is 0 Å². The molecule has 0 aliphatic carbocycles. The van der Waals surface area contributed by atoms with Crippen LogP contribution in [-0.2, 0) is 11.8 Å². The number of imidazole rings is 1. The van der Waals surface area contributed by atoms with E-state index >= 15 is 0 Å². The van der Waals surface area contributed by atoms with Gasteiger partial charge in [-0.05, 0) is 18.8 Å². The maximum absolute atomic E-state index is 12.6. The lowest BCUT2D eigenvalue weighted by Crippen LogP contribution is -2.45. The van der Waals surface area contributed by atoms with Gasteiger partial charge in [0, 0.05) is 44.4 Å². The Labute approximate surface area is 133 Å². The second-order valence-corrected chi connectivity index (χ2v) is 6.70. The van der Waals surface area contributed by atoms with Crippen LogP contribution in [0, 0.1) is 17.8 Å². The van der Waals surface area contributed by atoms with E-state index in [1.165, 1.54) is 0 Å². The molecule has 22 heavy (non-hydrogen) atoms. The fourth-order valence-corrected chi connectivity index (χ4v) is 3.23. The Morgan fingerprint density at radius 3 is 2.82 bits per heavy atom. The van der Waals surface area contributed by atoms with E-state index in [2.05, 4.69) is 18.8 Å². The highest BCUT2D eigenvalue weighted by molar-refractivity contribution is 5.78. The largest absolute Gasteiger partial charge is 0.385 e. The number of carbonyl (C=O) groups excluding carboxylic acids is 1. The summed E-state index contributed by atoms with van der Waals surface area (Å²) in [6.07, 6.45) is 5.85. The highest BCUT2D eigenvalue weighted by Crippen LogP contribution is 2.30. The van der Waals surface area contributed by atoms with Crippen LogP contribution in [-0.4, -0.2) is 38.6 Å². The fourth-order valence-electron chi connectivity index (χ4n) is 3.23. The van der Waals surface area contributed by atoms with Crippen LogP contribution in [0.5, 0.6) is 0 Å². The van der Waals surface area contributed by atoms with Gasteiger partial charge < -0.3 is 14.6 Å². The Morgan fingerprint density at radius 1 is 1.50 bits per heavy atom. The molecule has 0 spiro atoms. The Hall–Kier alpha value is -1.36. The molecule has 4 unspecified atom stereocenters. The van der Waals surface area contributed by atoms with Crippen molar-refractivity contribution in [3.8, 4) is 0 Å². The summed E-state index contributed by atoms with van der Waals surface area (Å²) in [5.41, 5.74) is 0. The molecule has 1 fully saturated rings. The summed E-state index contributed by atoms with van der Waals surface area (Å²) in [4.78, 5) is 18.8. The first-order valence-electron chi connectivity index (χ1n) is 8.39. The Morgan fingerprint density at radius 2 is 2.23 bits per heavy atom. The summed E-state index contributed by atoms with van der Waals surface area (Å²) in [5.74, 6) is 1.43. The zero-order valence-electron chi connectivity index (χ0n) is 14.2. The molecule has 1 saturated heterocycles. The number of hydrogen-bond donors (Lipinski definition) is 1. The lowest BCUT2D eigenvalue weighted by Gasteiger charge is -2.37. The SMILES string of the molecule is CCC(C)C(C)C(=O)N1CCCC(C(O)c2nccn2C)C1. The number of piperidine rings is 1. The van der Waals surface area contributed by atoms with Crippen LogP contribution in [0.2, 0.25) is 0 Å². The Balaban J connectivity index is 2.03. The van der Waals surface area contributed by atoms with E-state index in [0.29, 0.717) is 18.3 Å². The molecule has 5 nitrogen and oxygen atoms in total. The monoisotopic (exact) mass is 307 g/mol. The predicted octanol–water partition coefficient (Wildman–Crippen LogP) is 2.37. The topological polar surface area (TPSA) is 58.4 Å². The summed E-state index contributed by atoms with van der Waals surface area (Å²) >= 11 is 0. The predicted molar refractivity (Wildman–Crippen MR) is 86.1 cm³/mol. The van der Waals surface area contributed by atoms with Gasteiger partial charge in [0.1, 0.15) is 11.9 Å². The van der Waals surface area contributed by atoms with Gasteiger partial charge in [0.2, 0.25) is 5.91 Å². The van der Waals surface area contributed by atoms with Crippen LogP contribution in [0.4, 0.5) is 0 Å². The molecule has 124 valence electrons. The van der Waals surface area contributed by atoms with Crippen molar-refractivity contribution in [3.05, 3.63) is 18.2 Å². The summed E-state index contributed by atoms with van der Waals surface area (Å²) in [7, 11) is 1.89. The molecule has 5 heteroatoms. The van der Waals surface area contributed by atoms with Crippen molar-refractivity contribution < 1.29 is 9.90 Å². The second-order valence-electron chi connectivity index (χ2n) is 6.70. The number of hydrogen-bond acceptors (Lipinski definition) is 3. The molecule has 1 amide bonds. The molecule has 1 aromatic heterocycles. The number of aryl methyl sites for hydroxylation is 1. The van der Waals surface area contributed by atoms with Crippen molar-refractivity contribution in [1.82, 2.24) is 14.5 Å². The number of nitrogens with zero attached hydrogens (tertiary/aromatic N) is 3. The summed E-state index contributed by atoms with van der Waals surface area (Å²) < 4.78 is 1.85. The molecule has 1 aromatic rings. The van der Waals surface area contributed by atoms with E-state index in [4.69, 9.17) is 0 Å². The lowest BCUT2D eigenvalue weighted by atomic mass is 9.88. The molecule has 0 bridgehead atoms. The molecule has 0 radical (unpaired) electrons. The van der Waals surface area contributed by atoms with E-state index in [9.17, 15) is 9.90 Å². The smallest absolute Gasteiger partial charge is 0.225 e. The van der Waals surface area contributed by atoms with Crippen LogP contribution in [0.15, 0.2) is 12.4 Å². The average molecular weight is 307 g/mol. The number of carbonyl (C=O) groups is 1. The third kappa shape index (κ3) is 3.51. The molecule has 2 heterocycles. The van der Waals surface area contributed by atoms with Crippen molar-refractivity contribution in [3.63, 3.8) is 0 Å². The maximum Gasteiger partial charge on any atom is 0.225 e. The van der Waals surface area contributed by atoms with Gasteiger partial charge >= 0.3 is 0 Å². The van der Waals surface area contributed by atoms with Crippen molar-refractivity contribution in [2.45, 2.75) is 46.1 Å². The molecule has 0 aromatic carbocycles. The first kappa shape index (κ1) is 17.0. The maximum atomic E-state index is 12.6. The van der Waals surface area contributed by atoms with Crippen molar-refractivity contribution in [2.75, 3.05) is 13.1 Å². The van der Waals surface area contributed by atoms with Crippen molar-refractivity contribution >= 4 is 5.91 Å². The molecule has 1 aliphatic rings. The molecule has 1 N–H and O–H groups in total. The van der Waals surface area contributed by atoms with E-state index in [1.807, 2.05) is 29.6 Å². The normalized spacial score (nSPS) is 23.1. The first-order chi connectivity index (χ1) is 10.5. The molecular weight excluding hydrogens is 278 g/mol. The van der Waals surface area contributed by atoms with Gasteiger partial charge in [-0.3, -0.25) is 4.79 Å². The van der Waals surface area contributed by atoms with E-state index < -0.39 is 6.10 Å². The minimum atomic E-state index is -0.602. The van der Waals surface area contributed by atoms with Crippen LogP contribution >= 0.6 is 0 Å². The lowest BCUT2D eigenvalue weighted by molar-refractivity contribution is -0.139. The summed E-state index contributed by atoms with van der Waals surface area (Å²) in [6, 6.07) is 0. The first-order valence-corrected chi connectivity index (χ1v) is 8.39. The van der Waals surface area contributed by atoms with Crippen molar-refractivity contribution in [2.24, 2.45) is 24.8 Å². The number of amides is 1. The molecule has 2 rings (SSSR count). The number of aliphatic hydroxyl groups excluding tert-OH is 1. The van der Waals surface area contributed by atoms with Gasteiger partial charge in [-0.1, -0.05) is 27.2 Å². The van der Waals surface area contributed by atoms with Gasteiger partial charge in [0.05, 0.1) is 0 Å². The Kier molecular flexibility index (Phi) is 5.62. The fraction of sp³-hybridized carbons (Fsp3) is 0.765. The zero-order valence-corrected chi connectivity index (χ0v) is 14.2. The molecule has 4 atom stereocenters. The average Bonchev–Trinajstić information content (AvgIpc) is 2.98. The second kappa shape index (κ2) is 7.27. The van der Waals surface area contributed by atoms with Gasteiger partial charge in [-0.2, -0.15) is 0 Å². The third-order valence-electron chi connectivity index (χ3n) is 5.23. The van der Waals surface area contributed by atoms with Crippen LogP contribution < -0.4 is 0 Å². The Bertz CT molecular complexity index is 500. The van der Waals surface area contributed by atoms with Gasteiger partial charge in [-0.25, -0.2) is 4.98 Å². The van der Waals surface area contributed by atoms with E-state index in [0.717, 1.165) is 25.8 Å². The number of aromatic nitrogens is 2. The minimum Gasteiger partial charge on any atom is -0.385 e. The van der Waals surface area contributed by atoms with Gasteiger partial charge in [0.25, 0.3) is 0 Å². The molecular formula is C17H29N3O2. The minimum absolute atomic E-state index is 0.0501. The van der Waals surface area contributed by atoms with Crippen LogP contribution in [0.3, 0.4) is 0 Å². The van der Waals surface area contributed by atoms with E-state index in [-0.39, 0.29) is 17.7 Å². The number of rotatable bonds is 5. The molecule has 0 saturated carbocycles. The van der Waals surface area contributed by atoms with Gasteiger partial charge in [0.15, 0.2) is 0 Å². The quantitative estimate of drug-likeness (QED) is 0.908. The summed E-state index contributed by atoms with van der Waals surface area (Å²) in [6.45, 7) is 7.72. The van der Waals surface area contributed by atoms with Crippen LogP contribution in [0.1, 0.15) is 52.0 Å². The number of aliphatic hydroxyl groups is 1. The van der Waals surface area contributed by atoms with E-state index in [1.54, 1.807) is 6.20 Å². The third-order valence-corrected chi connectivity index (χ3v) is 5.23. The molecule has 1 aliphatic heterocycles. The highest BCUT2D eigenvalue weighted by Gasteiger charge is 2.33. The highest BCUT2D eigenvalue weighted by atomic mass is 16.3. The number of likely N-dealkylation sites (tertiary alicyclic amines) is 1. The standard InChI is InChI=1S/C17H29N3O2/c1-5-12(2)13(3)17(22)20-9-6-7-14(11-20)15(21)16-18-8-10-19(16)4/h8,10,12-15,21H,5-7,9,11H2,1-4H3. The zero-order chi connectivity index (χ0) is 16.3. The van der Waals surface area contributed by atoms with Crippen molar-refractivity contribution in [1.29, 1.82) is 0 Å².